The van der Waals surface area contributed by atoms with Gasteiger partial charge in [0, 0.05) is 12.8 Å². The molecule has 0 N–H and O–H groups in total. The third-order valence-corrected chi connectivity index (χ3v) is 4.25. The Bertz CT molecular complexity index is 225. The first kappa shape index (κ1) is 30.4. The van der Waals surface area contributed by atoms with Gasteiger partial charge in [-0.15, -0.1) is 0 Å². The molecular formula is C6H16B3F12OSi-3. The third kappa shape index (κ3) is 145. The van der Waals surface area contributed by atoms with Crippen LogP contribution in [0.25, 0.3) is 0 Å². The maximum Gasteiger partial charge on any atom is 0.673 e. The number of halogens is 12. The van der Waals surface area contributed by atoms with Crippen LogP contribution in [0.3, 0.4) is 0 Å². The fourth-order valence-electron chi connectivity index (χ4n) is 0.354. The maximum atomic E-state index is 9.75. The first-order chi connectivity index (χ1) is 9.48. The van der Waals surface area contributed by atoms with E-state index in [-0.39, 0.29) is 0 Å². The highest BCUT2D eigenvalue weighted by Gasteiger charge is 2.22. The van der Waals surface area contributed by atoms with Crippen LogP contribution in [-0.4, -0.2) is 42.7 Å². The molecule has 0 fully saturated rings. The molecule has 0 aliphatic carbocycles. The third-order valence-electron chi connectivity index (χ3n) is 1.57. The van der Waals surface area contributed by atoms with Gasteiger partial charge in [-0.3, -0.25) is 0 Å². The summed E-state index contributed by atoms with van der Waals surface area (Å²) >= 11 is 0. The van der Waals surface area contributed by atoms with Gasteiger partial charge in [0.15, 0.2) is 0 Å². The van der Waals surface area contributed by atoms with Crippen molar-refractivity contribution in [2.75, 3.05) is 7.11 Å². The summed E-state index contributed by atoms with van der Waals surface area (Å²) in [5.41, 5.74) is 0.488. The first-order valence-corrected chi connectivity index (χ1v) is 9.21. The van der Waals surface area contributed by atoms with Crippen LogP contribution in [-0.2, 0) is 4.74 Å². The number of methoxy groups -OCH3 is 1. The molecular weight excluding hydrogens is 377 g/mol. The predicted molar refractivity (Wildman–Crippen MR) is 70.4 cm³/mol. The van der Waals surface area contributed by atoms with Crippen LogP contribution in [0.5, 0.6) is 0 Å². The first-order valence-electron chi connectivity index (χ1n) is 5.63. The van der Waals surface area contributed by atoms with Gasteiger partial charge in [0.2, 0.25) is 0 Å². The van der Waals surface area contributed by atoms with Crippen molar-refractivity contribution in [2.45, 2.75) is 32.3 Å². The molecule has 23 heavy (non-hydrogen) atoms. The van der Waals surface area contributed by atoms with Crippen molar-refractivity contribution in [1.29, 1.82) is 0 Å². The van der Waals surface area contributed by atoms with Crippen molar-refractivity contribution in [3.8, 4) is 0 Å². The lowest BCUT2D eigenvalue weighted by molar-refractivity contribution is 0.172. The largest absolute Gasteiger partial charge is 0.673 e. The molecule has 0 aliphatic heterocycles. The van der Waals surface area contributed by atoms with E-state index in [9.17, 15) is 51.8 Å². The number of rotatable bonds is 2. The van der Waals surface area contributed by atoms with Crippen LogP contribution in [0.4, 0.5) is 51.8 Å². The van der Waals surface area contributed by atoms with Gasteiger partial charge in [-0.25, -0.2) is 0 Å². The van der Waals surface area contributed by atoms with Gasteiger partial charge in [0.1, 0.15) is 0 Å². The van der Waals surface area contributed by atoms with Crippen LogP contribution >= 0.6 is 0 Å². The maximum absolute atomic E-state index is 9.75. The smallest absolute Gasteiger partial charge is 0.418 e. The van der Waals surface area contributed by atoms with Crippen LogP contribution < -0.4 is 0 Å². The molecule has 0 heterocycles. The zero-order valence-electron chi connectivity index (χ0n) is 12.8. The summed E-state index contributed by atoms with van der Waals surface area (Å²) in [5, 5.41) is 0. The number of ether oxygens (including phenoxy) is 1. The molecule has 17 heteroatoms. The molecule has 1 nitrogen and oxygen atoms in total. The molecule has 0 aromatic heterocycles. The van der Waals surface area contributed by atoms with Crippen LogP contribution in [0, 0.1) is 0 Å². The Labute approximate surface area is 127 Å². The molecule has 0 bridgehead atoms. The van der Waals surface area contributed by atoms with Crippen LogP contribution in [0.2, 0.25) is 19.6 Å². The monoisotopic (exact) mass is 393 g/mol. The Morgan fingerprint density at radius 1 is 0.609 bits per heavy atom. The van der Waals surface area contributed by atoms with E-state index in [4.69, 9.17) is 4.74 Å². The van der Waals surface area contributed by atoms with Gasteiger partial charge in [-0.05, 0) is 6.92 Å². The van der Waals surface area contributed by atoms with E-state index in [1.54, 1.807) is 7.11 Å². The van der Waals surface area contributed by atoms with Crippen LogP contribution in [0.1, 0.15) is 6.92 Å². The minimum absolute atomic E-state index is 0.488. The average molecular weight is 393 g/mol. The quantitative estimate of drug-likeness (QED) is 0.426. The van der Waals surface area contributed by atoms with Crippen molar-refractivity contribution in [3.63, 3.8) is 0 Å². The van der Waals surface area contributed by atoms with E-state index in [0.717, 1.165) is 0 Å². The molecule has 0 aromatic carbocycles. The highest BCUT2D eigenvalue weighted by molar-refractivity contribution is 6.77. The van der Waals surface area contributed by atoms with E-state index < -0.39 is 29.8 Å². The van der Waals surface area contributed by atoms with Crippen LogP contribution in [0.15, 0.2) is 0 Å². The van der Waals surface area contributed by atoms with E-state index in [1.807, 2.05) is 0 Å². The lowest BCUT2D eigenvalue weighted by Crippen LogP contribution is -2.36. The van der Waals surface area contributed by atoms with Crippen molar-refractivity contribution in [3.05, 3.63) is 0 Å². The van der Waals surface area contributed by atoms with Gasteiger partial charge in [0.25, 0.3) is 0 Å². The lowest BCUT2D eigenvalue weighted by Gasteiger charge is -2.22. The molecule has 0 amide bonds. The minimum Gasteiger partial charge on any atom is -0.418 e. The molecule has 0 aliphatic rings. The molecule has 0 radical (unpaired) electrons. The summed E-state index contributed by atoms with van der Waals surface area (Å²) < 4.78 is 122. The summed E-state index contributed by atoms with van der Waals surface area (Å²) in [6.07, 6.45) is 0. The number of hydrogen-bond acceptors (Lipinski definition) is 1. The second kappa shape index (κ2) is 12.0. The fourth-order valence-corrected chi connectivity index (χ4v) is 1.06. The highest BCUT2D eigenvalue weighted by atomic mass is 28.3. The Morgan fingerprint density at radius 2 is 0.739 bits per heavy atom. The normalized spacial score (nSPS) is 13.4. The van der Waals surface area contributed by atoms with Crippen molar-refractivity contribution in [1.82, 2.24) is 0 Å². The summed E-state index contributed by atoms with van der Waals surface area (Å²) in [6, 6.07) is 0. The van der Waals surface area contributed by atoms with E-state index >= 15 is 0 Å². The lowest BCUT2D eigenvalue weighted by atomic mass is 10.3. The molecule has 1 unspecified atom stereocenters. The molecule has 146 valence electrons. The zero-order valence-corrected chi connectivity index (χ0v) is 13.8. The number of hydrogen-bond donors (Lipinski definition) is 0. The van der Waals surface area contributed by atoms with Crippen molar-refractivity contribution in [2.24, 2.45) is 0 Å². The van der Waals surface area contributed by atoms with Crippen molar-refractivity contribution < 1.29 is 56.5 Å². The fraction of sp³-hybridized carbons (Fsp3) is 1.00. The Kier molecular flexibility index (Phi) is 15.8. The second-order valence-electron chi connectivity index (χ2n) is 4.73. The average Bonchev–Trinajstić information content (AvgIpc) is 2.06. The van der Waals surface area contributed by atoms with E-state index in [2.05, 4.69) is 26.6 Å². The Balaban J connectivity index is -0.000000108. The molecule has 0 aromatic rings. The van der Waals surface area contributed by atoms with Gasteiger partial charge in [-0.1, -0.05) is 19.6 Å². The van der Waals surface area contributed by atoms with E-state index in [1.165, 1.54) is 0 Å². The summed E-state index contributed by atoms with van der Waals surface area (Å²) in [6.45, 7) is 9.07. The minimum atomic E-state index is -6.00. The Morgan fingerprint density at radius 3 is 0.739 bits per heavy atom. The highest BCUT2D eigenvalue weighted by Crippen LogP contribution is 2.09. The van der Waals surface area contributed by atoms with Gasteiger partial charge < -0.3 is 56.5 Å². The molecule has 0 saturated carbocycles. The molecule has 0 saturated heterocycles. The van der Waals surface area contributed by atoms with Gasteiger partial charge >= 0.3 is 21.8 Å². The van der Waals surface area contributed by atoms with E-state index in [0.29, 0.717) is 5.73 Å². The summed E-state index contributed by atoms with van der Waals surface area (Å²) in [4.78, 5) is 0. The van der Waals surface area contributed by atoms with Crippen molar-refractivity contribution >= 4 is 29.8 Å². The molecule has 0 rings (SSSR count). The molecule has 0 spiro atoms. The topological polar surface area (TPSA) is 9.23 Å². The Hall–Kier alpha value is -0.468. The SMILES string of the molecule is COC(C)[Si](C)(C)C.F[B-](F)(F)F.F[B-](F)(F)F.F[B-](F)(F)F. The zero-order chi connectivity index (χ0) is 20.3. The summed E-state index contributed by atoms with van der Waals surface area (Å²) in [5.74, 6) is 0. The molecule has 1 atom stereocenters. The van der Waals surface area contributed by atoms with Gasteiger partial charge in [-0.2, -0.15) is 0 Å². The standard InChI is InChI=1S/C6H16OSi.3BF4/c1-6(7-2)8(3,4)5;3*2-1(3,4)5/h6H,1-5H3;;;/q;3*-1. The summed E-state index contributed by atoms with van der Waals surface area (Å²) in [7, 11) is -17.2. The van der Waals surface area contributed by atoms with Gasteiger partial charge in [0.05, 0.1) is 8.07 Å². The predicted octanol–water partition coefficient (Wildman–Crippen LogP) is 5.80. The second-order valence-corrected chi connectivity index (χ2v) is 10.3.